The molecule has 2 aliphatic rings. The van der Waals surface area contributed by atoms with E-state index in [1.54, 1.807) is 0 Å². The molecule has 1 aliphatic heterocycles. The second-order valence-corrected chi connectivity index (χ2v) is 6.72. The number of aliphatic hydroxyl groups is 1. The van der Waals surface area contributed by atoms with Crippen molar-refractivity contribution in [1.29, 1.82) is 0 Å². The summed E-state index contributed by atoms with van der Waals surface area (Å²) in [6, 6.07) is -1.30. The molecule has 1 saturated heterocycles. The van der Waals surface area contributed by atoms with Crippen molar-refractivity contribution in [3.8, 4) is 0 Å². The Balaban J connectivity index is 2.03. The molecular weight excluding hydrogens is 248 g/mol. The molecule has 0 spiro atoms. The SMILES string of the molecule is CC1(C)C(NC(=O)N2CC(O)CC2C(=O)O)C1(C)C. The number of rotatable bonds is 2. The van der Waals surface area contributed by atoms with Gasteiger partial charge in [-0.15, -0.1) is 0 Å². The fraction of sp³-hybridized carbons (Fsp3) is 0.846. The maximum absolute atomic E-state index is 12.2. The topological polar surface area (TPSA) is 89.9 Å². The molecule has 0 aromatic rings. The van der Waals surface area contributed by atoms with Crippen LogP contribution in [-0.2, 0) is 4.79 Å². The van der Waals surface area contributed by atoms with Crippen LogP contribution in [0.25, 0.3) is 0 Å². The van der Waals surface area contributed by atoms with E-state index in [4.69, 9.17) is 5.11 Å². The lowest BCUT2D eigenvalue weighted by Gasteiger charge is -2.22. The molecular formula is C13H22N2O4. The van der Waals surface area contributed by atoms with Gasteiger partial charge in [-0.3, -0.25) is 0 Å². The zero-order chi connectivity index (χ0) is 14.6. The molecule has 0 radical (unpaired) electrons. The summed E-state index contributed by atoms with van der Waals surface area (Å²) in [6.45, 7) is 8.38. The summed E-state index contributed by atoms with van der Waals surface area (Å²) in [6.07, 6.45) is -0.660. The number of likely N-dealkylation sites (tertiary alicyclic amines) is 1. The van der Waals surface area contributed by atoms with Crippen LogP contribution in [0.1, 0.15) is 34.1 Å². The van der Waals surface area contributed by atoms with Crippen LogP contribution >= 0.6 is 0 Å². The molecule has 2 fully saturated rings. The summed E-state index contributed by atoms with van der Waals surface area (Å²) in [7, 11) is 0. The fourth-order valence-corrected chi connectivity index (χ4v) is 3.04. The Hall–Kier alpha value is -1.30. The lowest BCUT2D eigenvalue weighted by molar-refractivity contribution is -0.141. The minimum atomic E-state index is -1.07. The standard InChI is InChI=1S/C13H22N2O4/c1-12(2)10(13(12,3)4)14-11(19)15-6-7(16)5-8(15)9(17)18/h7-8,10,16H,5-6H2,1-4H3,(H,14,19)(H,17,18). The van der Waals surface area contributed by atoms with Crippen molar-refractivity contribution in [2.24, 2.45) is 10.8 Å². The van der Waals surface area contributed by atoms with Crippen molar-refractivity contribution in [3.63, 3.8) is 0 Å². The molecule has 2 amide bonds. The largest absolute Gasteiger partial charge is 0.480 e. The van der Waals surface area contributed by atoms with Crippen LogP contribution in [-0.4, -0.2) is 51.8 Å². The Morgan fingerprint density at radius 2 is 1.74 bits per heavy atom. The Kier molecular flexibility index (Phi) is 3.04. The molecule has 6 nitrogen and oxygen atoms in total. The van der Waals surface area contributed by atoms with Gasteiger partial charge in [-0.2, -0.15) is 0 Å². The van der Waals surface area contributed by atoms with Crippen LogP contribution < -0.4 is 5.32 Å². The highest BCUT2D eigenvalue weighted by atomic mass is 16.4. The molecule has 0 aromatic carbocycles. The van der Waals surface area contributed by atoms with Crippen molar-refractivity contribution in [3.05, 3.63) is 0 Å². The molecule has 1 aliphatic carbocycles. The maximum atomic E-state index is 12.2. The quantitative estimate of drug-likeness (QED) is 0.687. The Bertz CT molecular complexity index is 405. The highest BCUT2D eigenvalue weighted by Crippen LogP contribution is 2.62. The van der Waals surface area contributed by atoms with Crippen molar-refractivity contribution < 1.29 is 19.8 Å². The van der Waals surface area contributed by atoms with E-state index < -0.39 is 24.1 Å². The number of carboxylic acid groups (broad SMARTS) is 1. The van der Waals surface area contributed by atoms with Crippen molar-refractivity contribution in [2.45, 2.75) is 52.3 Å². The average Bonchev–Trinajstić information content (AvgIpc) is 2.65. The first-order valence-electron chi connectivity index (χ1n) is 6.57. The molecule has 0 bridgehead atoms. The van der Waals surface area contributed by atoms with E-state index in [1.807, 2.05) is 0 Å². The fourth-order valence-electron chi connectivity index (χ4n) is 3.04. The van der Waals surface area contributed by atoms with Gasteiger partial charge >= 0.3 is 12.0 Å². The minimum Gasteiger partial charge on any atom is -0.480 e. The molecule has 1 heterocycles. The smallest absolute Gasteiger partial charge is 0.326 e. The molecule has 0 aromatic heterocycles. The van der Waals surface area contributed by atoms with E-state index in [1.165, 1.54) is 4.90 Å². The zero-order valence-corrected chi connectivity index (χ0v) is 11.8. The molecule has 2 atom stereocenters. The van der Waals surface area contributed by atoms with E-state index in [-0.39, 0.29) is 29.8 Å². The summed E-state index contributed by atoms with van der Waals surface area (Å²) in [5.74, 6) is -1.07. The number of carbonyl (C=O) groups excluding carboxylic acids is 1. The molecule has 19 heavy (non-hydrogen) atoms. The Labute approximate surface area is 112 Å². The number of carboxylic acids is 1. The summed E-state index contributed by atoms with van der Waals surface area (Å²) in [4.78, 5) is 24.5. The first-order valence-corrected chi connectivity index (χ1v) is 6.57. The van der Waals surface area contributed by atoms with Gasteiger partial charge < -0.3 is 20.4 Å². The number of amides is 2. The number of urea groups is 1. The number of aliphatic hydroxyl groups excluding tert-OH is 1. The van der Waals surface area contributed by atoms with Gasteiger partial charge in [0.2, 0.25) is 0 Å². The first kappa shape index (κ1) is 14.1. The van der Waals surface area contributed by atoms with Gasteiger partial charge in [0.15, 0.2) is 0 Å². The summed E-state index contributed by atoms with van der Waals surface area (Å²) in [5.41, 5.74) is -0.000554. The first-order chi connectivity index (χ1) is 8.59. The third kappa shape index (κ3) is 2.08. The zero-order valence-electron chi connectivity index (χ0n) is 11.8. The number of hydrogen-bond donors (Lipinski definition) is 3. The number of hydrogen-bond acceptors (Lipinski definition) is 3. The van der Waals surface area contributed by atoms with Gasteiger partial charge in [-0.1, -0.05) is 27.7 Å². The molecule has 3 N–H and O–H groups in total. The molecule has 1 saturated carbocycles. The third-order valence-electron chi connectivity index (χ3n) is 5.11. The van der Waals surface area contributed by atoms with Gasteiger partial charge in [0.25, 0.3) is 0 Å². The number of β-amino-alcohol motifs (C(OH)–C–C–N with tert-alkyl or cyclic N) is 1. The molecule has 2 unspecified atom stereocenters. The highest BCUT2D eigenvalue weighted by Gasteiger charge is 2.65. The van der Waals surface area contributed by atoms with E-state index in [0.717, 1.165) is 0 Å². The number of nitrogens with one attached hydrogen (secondary N) is 1. The minimum absolute atomic E-state index is 0.000277. The summed E-state index contributed by atoms with van der Waals surface area (Å²) < 4.78 is 0. The third-order valence-corrected chi connectivity index (χ3v) is 5.11. The number of carbonyl (C=O) groups is 2. The lowest BCUT2D eigenvalue weighted by Crippen LogP contribution is -2.47. The van der Waals surface area contributed by atoms with E-state index in [0.29, 0.717) is 0 Å². The predicted molar refractivity (Wildman–Crippen MR) is 68.6 cm³/mol. The molecule has 2 rings (SSSR count). The van der Waals surface area contributed by atoms with Crippen LogP contribution in [0.15, 0.2) is 0 Å². The van der Waals surface area contributed by atoms with Gasteiger partial charge in [0.05, 0.1) is 6.10 Å². The van der Waals surface area contributed by atoms with E-state index in [2.05, 4.69) is 33.0 Å². The van der Waals surface area contributed by atoms with Gasteiger partial charge in [-0.25, -0.2) is 9.59 Å². The van der Waals surface area contributed by atoms with Gasteiger partial charge in [0.1, 0.15) is 6.04 Å². The van der Waals surface area contributed by atoms with Crippen LogP contribution in [0.3, 0.4) is 0 Å². The average molecular weight is 270 g/mol. The Morgan fingerprint density at radius 3 is 2.16 bits per heavy atom. The normalized spacial score (nSPS) is 32.2. The van der Waals surface area contributed by atoms with Crippen LogP contribution in [0, 0.1) is 10.8 Å². The summed E-state index contributed by atoms with van der Waals surface area (Å²) in [5, 5.41) is 21.5. The van der Waals surface area contributed by atoms with Crippen molar-refractivity contribution in [2.75, 3.05) is 6.54 Å². The number of nitrogens with zero attached hydrogens (tertiary/aromatic N) is 1. The predicted octanol–water partition coefficient (Wildman–Crippen LogP) is 0.650. The molecule has 6 heteroatoms. The highest BCUT2D eigenvalue weighted by molar-refractivity contribution is 5.84. The Morgan fingerprint density at radius 1 is 1.21 bits per heavy atom. The van der Waals surface area contributed by atoms with Crippen molar-refractivity contribution in [1.82, 2.24) is 10.2 Å². The number of aliphatic carboxylic acids is 1. The van der Waals surface area contributed by atoms with Crippen LogP contribution in [0.5, 0.6) is 0 Å². The molecule has 108 valence electrons. The second kappa shape index (κ2) is 4.10. The van der Waals surface area contributed by atoms with Crippen LogP contribution in [0.2, 0.25) is 0 Å². The second-order valence-electron chi connectivity index (χ2n) is 6.72. The van der Waals surface area contributed by atoms with E-state index in [9.17, 15) is 14.7 Å². The summed E-state index contributed by atoms with van der Waals surface area (Å²) >= 11 is 0. The maximum Gasteiger partial charge on any atom is 0.326 e. The van der Waals surface area contributed by atoms with Crippen molar-refractivity contribution >= 4 is 12.0 Å². The lowest BCUT2D eigenvalue weighted by atomic mass is 10.0. The van der Waals surface area contributed by atoms with Crippen LogP contribution in [0.4, 0.5) is 4.79 Å². The van der Waals surface area contributed by atoms with Gasteiger partial charge in [-0.05, 0) is 10.8 Å². The van der Waals surface area contributed by atoms with E-state index >= 15 is 0 Å². The monoisotopic (exact) mass is 270 g/mol. The van der Waals surface area contributed by atoms with Gasteiger partial charge in [0, 0.05) is 19.0 Å².